The van der Waals surface area contributed by atoms with Crippen LogP contribution in [0, 0.1) is 23.3 Å². The number of benzene rings is 2. The summed E-state index contributed by atoms with van der Waals surface area (Å²) in [6.45, 7) is 1.43. The molecule has 0 bridgehead atoms. The van der Waals surface area contributed by atoms with Crippen LogP contribution in [0.15, 0.2) is 36.4 Å². The van der Waals surface area contributed by atoms with Crippen molar-refractivity contribution < 1.29 is 32.3 Å². The van der Waals surface area contributed by atoms with Gasteiger partial charge in [-0.2, -0.15) is 0 Å². The average Bonchev–Trinajstić information content (AvgIpc) is 2.58. The van der Waals surface area contributed by atoms with Crippen LogP contribution >= 0.6 is 0 Å². The topological polar surface area (TPSA) is 66.4 Å². The smallest absolute Gasteiger partial charge is 0.305 e. The fourth-order valence-electron chi connectivity index (χ4n) is 2.66. The minimum atomic E-state index is -1.37. The Bertz CT molecular complexity index is 857. The molecule has 0 saturated carbocycles. The monoisotopic (exact) mass is 383 g/mol. The molecule has 0 aliphatic rings. The van der Waals surface area contributed by atoms with E-state index in [4.69, 9.17) is 5.11 Å². The number of carbonyl (C=O) groups is 2. The van der Waals surface area contributed by atoms with Gasteiger partial charge in [-0.3, -0.25) is 9.59 Å². The van der Waals surface area contributed by atoms with E-state index < -0.39 is 53.5 Å². The van der Waals surface area contributed by atoms with Crippen molar-refractivity contribution in [1.82, 2.24) is 5.32 Å². The van der Waals surface area contributed by atoms with Crippen molar-refractivity contribution in [2.75, 3.05) is 0 Å². The second-order valence-corrected chi connectivity index (χ2v) is 6.11. The van der Waals surface area contributed by atoms with Crippen molar-refractivity contribution in [3.05, 3.63) is 70.8 Å². The van der Waals surface area contributed by atoms with Gasteiger partial charge in [0, 0.05) is 12.1 Å². The normalized spacial score (nSPS) is 13.1. The summed E-state index contributed by atoms with van der Waals surface area (Å²) in [5.74, 6) is -7.19. The van der Waals surface area contributed by atoms with Gasteiger partial charge in [0.25, 0.3) is 0 Å². The van der Waals surface area contributed by atoms with E-state index in [1.54, 1.807) is 6.07 Å². The average molecular weight is 383 g/mol. The maximum absolute atomic E-state index is 13.8. The van der Waals surface area contributed by atoms with Gasteiger partial charge in [0.05, 0.1) is 12.3 Å². The molecule has 0 fully saturated rings. The lowest BCUT2D eigenvalue weighted by Gasteiger charge is -2.21. The maximum atomic E-state index is 13.8. The summed E-state index contributed by atoms with van der Waals surface area (Å²) in [4.78, 5) is 23.4. The van der Waals surface area contributed by atoms with E-state index in [1.807, 2.05) is 0 Å². The molecule has 2 aromatic rings. The first kappa shape index (κ1) is 20.4. The first-order valence-electron chi connectivity index (χ1n) is 8.09. The van der Waals surface area contributed by atoms with Gasteiger partial charge in [-0.05, 0) is 36.6 Å². The van der Waals surface area contributed by atoms with Crippen LogP contribution in [0.4, 0.5) is 17.6 Å². The van der Waals surface area contributed by atoms with Crippen LogP contribution in [0.2, 0.25) is 0 Å². The van der Waals surface area contributed by atoms with Gasteiger partial charge in [-0.25, -0.2) is 17.6 Å². The van der Waals surface area contributed by atoms with E-state index in [2.05, 4.69) is 5.32 Å². The minimum absolute atomic E-state index is 0.114. The minimum Gasteiger partial charge on any atom is -0.481 e. The molecule has 0 saturated heterocycles. The van der Waals surface area contributed by atoms with Crippen LogP contribution in [0.25, 0.3) is 0 Å². The molecule has 2 atom stereocenters. The van der Waals surface area contributed by atoms with Crippen molar-refractivity contribution in [1.29, 1.82) is 0 Å². The molecule has 0 radical (unpaired) electrons. The van der Waals surface area contributed by atoms with Gasteiger partial charge in [-0.15, -0.1) is 0 Å². The lowest BCUT2D eigenvalue weighted by atomic mass is 9.97. The third-order valence-corrected chi connectivity index (χ3v) is 4.09. The number of carboxylic acids is 1. The molecule has 8 heteroatoms. The number of rotatable bonds is 7. The number of halogens is 4. The van der Waals surface area contributed by atoms with E-state index in [0.29, 0.717) is 12.1 Å². The molecule has 2 aromatic carbocycles. The lowest BCUT2D eigenvalue weighted by molar-refractivity contribution is -0.137. The van der Waals surface area contributed by atoms with E-state index >= 15 is 0 Å². The van der Waals surface area contributed by atoms with Gasteiger partial charge in [0.1, 0.15) is 11.6 Å². The van der Waals surface area contributed by atoms with Gasteiger partial charge >= 0.3 is 5.97 Å². The molecule has 0 spiro atoms. The van der Waals surface area contributed by atoms with Crippen molar-refractivity contribution in [2.24, 2.45) is 0 Å². The number of carbonyl (C=O) groups excluding carboxylic acids is 1. The zero-order valence-electron chi connectivity index (χ0n) is 14.3. The molecule has 144 valence electrons. The van der Waals surface area contributed by atoms with Gasteiger partial charge < -0.3 is 10.4 Å². The van der Waals surface area contributed by atoms with E-state index in [9.17, 15) is 27.2 Å². The molecule has 0 aliphatic carbocycles. The van der Waals surface area contributed by atoms with Crippen LogP contribution in [0.1, 0.15) is 30.4 Å². The molecule has 4 nitrogen and oxygen atoms in total. The number of carboxylic acid groups (broad SMARTS) is 1. The maximum Gasteiger partial charge on any atom is 0.305 e. The fourth-order valence-corrected chi connectivity index (χ4v) is 2.66. The molecule has 0 aromatic heterocycles. The van der Waals surface area contributed by atoms with E-state index in [0.717, 1.165) is 0 Å². The standard InChI is InChI=1S/C19H17F4NO3/c1-10(13-4-2-3-5-14(13)20)19(27)24-12(8-18(25)26)6-11-7-16(22)17(23)9-15(11)21/h2-5,7,9-10,12H,6,8H2,1H3,(H,24,27)(H,25,26). The van der Waals surface area contributed by atoms with Crippen LogP contribution in [0.5, 0.6) is 0 Å². The Morgan fingerprint density at radius 1 is 1.00 bits per heavy atom. The Labute approximate surface area is 152 Å². The largest absolute Gasteiger partial charge is 0.481 e. The molecule has 2 unspecified atom stereocenters. The second kappa shape index (κ2) is 8.66. The fraction of sp³-hybridized carbons (Fsp3) is 0.263. The van der Waals surface area contributed by atoms with E-state index in [1.165, 1.54) is 25.1 Å². The molecule has 2 N–H and O–H groups in total. The zero-order chi connectivity index (χ0) is 20.1. The van der Waals surface area contributed by atoms with Crippen LogP contribution in [-0.2, 0) is 16.0 Å². The number of hydrogen-bond acceptors (Lipinski definition) is 2. The Balaban J connectivity index is 2.19. The summed E-state index contributed by atoms with van der Waals surface area (Å²) < 4.78 is 54.0. The van der Waals surface area contributed by atoms with Crippen LogP contribution in [-0.4, -0.2) is 23.0 Å². The van der Waals surface area contributed by atoms with Gasteiger partial charge in [-0.1, -0.05) is 18.2 Å². The summed E-state index contributed by atoms with van der Waals surface area (Å²) in [7, 11) is 0. The Morgan fingerprint density at radius 3 is 2.26 bits per heavy atom. The summed E-state index contributed by atoms with van der Waals surface area (Å²) in [5, 5.41) is 11.4. The predicted molar refractivity (Wildman–Crippen MR) is 89.0 cm³/mol. The predicted octanol–water partition coefficient (Wildman–Crippen LogP) is 3.55. The summed E-state index contributed by atoms with van der Waals surface area (Å²) in [6, 6.07) is 5.49. The molecule has 0 aliphatic heterocycles. The summed E-state index contributed by atoms with van der Waals surface area (Å²) >= 11 is 0. The quantitative estimate of drug-likeness (QED) is 0.568. The Kier molecular flexibility index (Phi) is 6.55. The van der Waals surface area contributed by atoms with Crippen LogP contribution in [0.3, 0.4) is 0 Å². The van der Waals surface area contributed by atoms with E-state index in [-0.39, 0.29) is 17.5 Å². The van der Waals surface area contributed by atoms with Crippen molar-refractivity contribution >= 4 is 11.9 Å². The lowest BCUT2D eigenvalue weighted by Crippen LogP contribution is -2.40. The number of aliphatic carboxylic acids is 1. The molecule has 0 heterocycles. The number of amides is 1. The highest BCUT2D eigenvalue weighted by Crippen LogP contribution is 2.20. The van der Waals surface area contributed by atoms with Crippen molar-refractivity contribution in [3.63, 3.8) is 0 Å². The van der Waals surface area contributed by atoms with Crippen molar-refractivity contribution in [3.8, 4) is 0 Å². The van der Waals surface area contributed by atoms with Gasteiger partial charge in [0.15, 0.2) is 11.6 Å². The molecular weight excluding hydrogens is 366 g/mol. The number of nitrogens with one attached hydrogen (secondary N) is 1. The zero-order valence-corrected chi connectivity index (χ0v) is 14.3. The molecular formula is C19H17F4NO3. The Morgan fingerprint density at radius 2 is 1.63 bits per heavy atom. The highest BCUT2D eigenvalue weighted by molar-refractivity contribution is 5.84. The highest BCUT2D eigenvalue weighted by Gasteiger charge is 2.24. The first-order chi connectivity index (χ1) is 12.7. The third kappa shape index (κ3) is 5.29. The second-order valence-electron chi connectivity index (χ2n) is 6.11. The molecule has 2 rings (SSSR count). The molecule has 27 heavy (non-hydrogen) atoms. The summed E-state index contributed by atoms with van der Waals surface area (Å²) in [5.41, 5.74) is -0.165. The summed E-state index contributed by atoms with van der Waals surface area (Å²) in [6.07, 6.45) is -0.945. The van der Waals surface area contributed by atoms with Crippen LogP contribution < -0.4 is 5.32 Å². The third-order valence-electron chi connectivity index (χ3n) is 4.09. The van der Waals surface area contributed by atoms with Gasteiger partial charge in [0.2, 0.25) is 5.91 Å². The first-order valence-corrected chi connectivity index (χ1v) is 8.09. The SMILES string of the molecule is CC(C(=O)NC(CC(=O)O)Cc1cc(F)c(F)cc1F)c1ccccc1F. The molecule has 1 amide bonds. The highest BCUT2D eigenvalue weighted by atomic mass is 19.2. The van der Waals surface area contributed by atoms with Crippen molar-refractivity contribution in [2.45, 2.75) is 31.7 Å². The Hall–Kier alpha value is -2.90. The number of hydrogen-bond donors (Lipinski definition) is 2.